The van der Waals surface area contributed by atoms with E-state index >= 15 is 0 Å². The summed E-state index contributed by atoms with van der Waals surface area (Å²) in [4.78, 5) is 2.44. The Balaban J connectivity index is 1.34. The van der Waals surface area contributed by atoms with Crippen LogP contribution in [0, 0.1) is 5.92 Å². The molecule has 1 aromatic rings. The van der Waals surface area contributed by atoms with Crippen LogP contribution in [0.5, 0.6) is 0 Å². The van der Waals surface area contributed by atoms with E-state index in [9.17, 15) is 0 Å². The van der Waals surface area contributed by atoms with Gasteiger partial charge in [0.2, 0.25) is 0 Å². The second-order valence-electron chi connectivity index (χ2n) is 5.44. The Hall–Kier alpha value is -0.560. The predicted molar refractivity (Wildman–Crippen MR) is 73.1 cm³/mol. The van der Waals surface area contributed by atoms with Crippen LogP contribution in [0.3, 0.4) is 0 Å². The minimum absolute atomic E-state index is 0.436. The number of aromatic nitrogens is 2. The lowest BCUT2D eigenvalue weighted by atomic mass is 10.1. The van der Waals surface area contributed by atoms with Gasteiger partial charge in [-0.2, -0.15) is 8.75 Å². The van der Waals surface area contributed by atoms with Gasteiger partial charge in [0.15, 0.2) is 0 Å². The van der Waals surface area contributed by atoms with Gasteiger partial charge in [0, 0.05) is 32.2 Å². The molecule has 0 aromatic carbocycles. The van der Waals surface area contributed by atoms with E-state index in [1.54, 1.807) is 0 Å². The zero-order chi connectivity index (χ0) is 12.9. The number of piperidine rings is 1. The molecule has 2 aliphatic heterocycles. The Labute approximate surface area is 118 Å². The first-order valence-corrected chi connectivity index (χ1v) is 7.81. The smallest absolute Gasteiger partial charge is 0.0883 e. The van der Waals surface area contributed by atoms with Gasteiger partial charge in [0.25, 0.3) is 0 Å². The highest BCUT2D eigenvalue weighted by Crippen LogP contribution is 2.19. The van der Waals surface area contributed by atoms with Crippen molar-refractivity contribution < 1.29 is 9.47 Å². The van der Waals surface area contributed by atoms with Gasteiger partial charge in [-0.3, -0.25) is 4.90 Å². The molecule has 0 bridgehead atoms. The summed E-state index contributed by atoms with van der Waals surface area (Å²) in [6, 6.07) is 0. The average molecular weight is 283 g/mol. The van der Waals surface area contributed by atoms with Crippen molar-refractivity contribution in [3.8, 4) is 0 Å². The molecule has 3 rings (SSSR count). The van der Waals surface area contributed by atoms with Crippen LogP contribution in [0.2, 0.25) is 0 Å². The normalized spacial score (nSPS) is 26.0. The number of nitrogens with zero attached hydrogens (tertiary/aromatic N) is 3. The van der Waals surface area contributed by atoms with E-state index in [4.69, 9.17) is 9.47 Å². The summed E-state index contributed by atoms with van der Waals surface area (Å²) >= 11 is 1.29. The Morgan fingerprint density at radius 2 is 2.26 bits per heavy atom. The molecule has 1 aromatic heterocycles. The van der Waals surface area contributed by atoms with Crippen molar-refractivity contribution in [2.45, 2.75) is 31.9 Å². The maximum Gasteiger partial charge on any atom is 0.0883 e. The fourth-order valence-corrected chi connectivity index (χ4v) is 3.13. The van der Waals surface area contributed by atoms with Crippen molar-refractivity contribution in [3.63, 3.8) is 0 Å². The molecule has 0 saturated carbocycles. The summed E-state index contributed by atoms with van der Waals surface area (Å²) in [7, 11) is 0. The molecular formula is C13H21N3O2S. The number of hydrogen-bond acceptors (Lipinski definition) is 6. The number of hydrogen-bond donors (Lipinski definition) is 0. The van der Waals surface area contributed by atoms with Crippen molar-refractivity contribution in [1.82, 2.24) is 13.6 Å². The summed E-state index contributed by atoms with van der Waals surface area (Å²) in [5, 5.41) is 0. The number of ether oxygens (including phenoxy) is 2. The van der Waals surface area contributed by atoms with Crippen molar-refractivity contribution in [1.29, 1.82) is 0 Å². The van der Waals surface area contributed by atoms with Crippen LogP contribution >= 0.6 is 11.7 Å². The van der Waals surface area contributed by atoms with Crippen molar-refractivity contribution >= 4 is 11.7 Å². The van der Waals surface area contributed by atoms with Crippen LogP contribution in [-0.2, 0) is 16.0 Å². The maximum absolute atomic E-state index is 6.02. The molecule has 0 radical (unpaired) electrons. The van der Waals surface area contributed by atoms with Crippen molar-refractivity contribution in [3.05, 3.63) is 11.9 Å². The standard InChI is InChI=1S/C13H21N3O2S/c1-4-16(8-12-7-14-19-15-12)5-2-13(1)18-10-11-3-6-17-9-11/h7,11,13H,1-6,8-10H2. The van der Waals surface area contributed by atoms with E-state index in [1.807, 2.05) is 6.20 Å². The van der Waals surface area contributed by atoms with Gasteiger partial charge in [0.05, 0.1) is 42.9 Å². The van der Waals surface area contributed by atoms with Crippen LogP contribution in [0.25, 0.3) is 0 Å². The summed E-state index contributed by atoms with van der Waals surface area (Å²) in [6.45, 7) is 5.80. The van der Waals surface area contributed by atoms with E-state index in [0.29, 0.717) is 12.0 Å². The highest BCUT2D eigenvalue weighted by Gasteiger charge is 2.22. The lowest BCUT2D eigenvalue weighted by Crippen LogP contribution is -2.37. The first-order chi connectivity index (χ1) is 9.40. The van der Waals surface area contributed by atoms with Crippen LogP contribution in [0.1, 0.15) is 25.0 Å². The van der Waals surface area contributed by atoms with Crippen LogP contribution in [0.4, 0.5) is 0 Å². The maximum atomic E-state index is 6.02. The van der Waals surface area contributed by atoms with E-state index in [1.165, 1.54) is 11.7 Å². The summed E-state index contributed by atoms with van der Waals surface area (Å²) in [5.74, 6) is 0.624. The molecule has 2 aliphatic rings. The summed E-state index contributed by atoms with van der Waals surface area (Å²) in [6.07, 6.45) is 5.73. The van der Waals surface area contributed by atoms with E-state index in [0.717, 1.165) is 64.4 Å². The molecule has 1 atom stereocenters. The van der Waals surface area contributed by atoms with Gasteiger partial charge < -0.3 is 9.47 Å². The second-order valence-corrected chi connectivity index (χ2v) is 5.99. The Bertz CT molecular complexity index is 360. The molecule has 3 heterocycles. The van der Waals surface area contributed by atoms with E-state index < -0.39 is 0 Å². The SMILES string of the molecule is c1nsnc1CN1CCC(OCC2CCOC2)CC1. The lowest BCUT2D eigenvalue weighted by molar-refractivity contribution is -0.0118. The Morgan fingerprint density at radius 3 is 2.95 bits per heavy atom. The fraction of sp³-hybridized carbons (Fsp3) is 0.846. The first-order valence-electron chi connectivity index (χ1n) is 7.08. The van der Waals surface area contributed by atoms with Crippen molar-refractivity contribution in [2.75, 3.05) is 32.9 Å². The zero-order valence-electron chi connectivity index (χ0n) is 11.2. The van der Waals surface area contributed by atoms with Gasteiger partial charge >= 0.3 is 0 Å². The molecule has 0 spiro atoms. The van der Waals surface area contributed by atoms with Gasteiger partial charge in [-0.05, 0) is 19.3 Å². The predicted octanol–water partition coefficient (Wildman–Crippen LogP) is 1.56. The van der Waals surface area contributed by atoms with Crippen LogP contribution < -0.4 is 0 Å². The molecule has 1 unspecified atom stereocenters. The topological polar surface area (TPSA) is 47.5 Å². The van der Waals surface area contributed by atoms with Gasteiger partial charge in [-0.25, -0.2) is 0 Å². The molecular weight excluding hydrogens is 262 g/mol. The largest absolute Gasteiger partial charge is 0.381 e. The fourth-order valence-electron chi connectivity index (χ4n) is 2.70. The minimum Gasteiger partial charge on any atom is -0.381 e. The lowest BCUT2D eigenvalue weighted by Gasteiger charge is -2.31. The van der Waals surface area contributed by atoms with Crippen LogP contribution in [0.15, 0.2) is 6.20 Å². The van der Waals surface area contributed by atoms with Gasteiger partial charge in [0.1, 0.15) is 0 Å². The second kappa shape index (κ2) is 6.74. The third-order valence-corrected chi connectivity index (χ3v) is 4.43. The monoisotopic (exact) mass is 283 g/mol. The quantitative estimate of drug-likeness (QED) is 0.820. The van der Waals surface area contributed by atoms with E-state index in [-0.39, 0.29) is 0 Å². The van der Waals surface area contributed by atoms with Gasteiger partial charge in [-0.15, -0.1) is 0 Å². The highest BCUT2D eigenvalue weighted by molar-refractivity contribution is 6.99. The molecule has 2 fully saturated rings. The Kier molecular flexibility index (Phi) is 4.76. The third kappa shape index (κ3) is 3.95. The molecule has 0 aliphatic carbocycles. The number of likely N-dealkylation sites (tertiary alicyclic amines) is 1. The zero-order valence-corrected chi connectivity index (χ0v) is 12.0. The molecule has 0 amide bonds. The summed E-state index contributed by atoms with van der Waals surface area (Å²) < 4.78 is 19.7. The summed E-state index contributed by atoms with van der Waals surface area (Å²) in [5.41, 5.74) is 1.09. The molecule has 106 valence electrons. The van der Waals surface area contributed by atoms with E-state index in [2.05, 4.69) is 13.6 Å². The molecule has 19 heavy (non-hydrogen) atoms. The molecule has 5 nitrogen and oxygen atoms in total. The molecule has 0 N–H and O–H groups in total. The highest BCUT2D eigenvalue weighted by atomic mass is 32.1. The third-order valence-electron chi connectivity index (χ3n) is 3.92. The minimum atomic E-state index is 0.436. The Morgan fingerprint density at radius 1 is 1.37 bits per heavy atom. The number of rotatable bonds is 5. The molecule has 6 heteroatoms. The van der Waals surface area contributed by atoms with Gasteiger partial charge in [-0.1, -0.05) is 0 Å². The first kappa shape index (κ1) is 13.4. The van der Waals surface area contributed by atoms with Crippen molar-refractivity contribution in [2.24, 2.45) is 5.92 Å². The molecule has 2 saturated heterocycles. The average Bonchev–Trinajstić information content (AvgIpc) is 3.11. The van der Waals surface area contributed by atoms with Crippen LogP contribution in [-0.4, -0.2) is 52.7 Å².